The Hall–Kier alpha value is -2.78. The first-order chi connectivity index (χ1) is 13.7. The molecule has 2 saturated heterocycles. The van der Waals surface area contributed by atoms with E-state index in [1.165, 1.54) is 0 Å². The lowest BCUT2D eigenvalue weighted by Crippen LogP contribution is -2.58. The van der Waals surface area contributed by atoms with Crippen LogP contribution in [0, 0.1) is 0 Å². The third-order valence-electron chi connectivity index (χ3n) is 5.18. The fraction of sp³-hybridized carbons (Fsp3) is 0.474. The van der Waals surface area contributed by atoms with Crippen LogP contribution in [0.5, 0.6) is 0 Å². The molecule has 2 aliphatic heterocycles. The molecule has 0 saturated carbocycles. The number of imidazole rings is 1. The number of nitrogens with one attached hydrogen (secondary N) is 2. The third kappa shape index (κ3) is 3.27. The minimum absolute atomic E-state index is 0.188. The van der Waals surface area contributed by atoms with Crippen LogP contribution in [0.15, 0.2) is 30.9 Å². The minimum atomic E-state index is 0.188. The highest BCUT2D eigenvalue weighted by molar-refractivity contribution is 5.78. The first-order valence-corrected chi connectivity index (χ1v) is 9.69. The number of morpholine rings is 2. The average Bonchev–Trinajstić information content (AvgIpc) is 3.11. The van der Waals surface area contributed by atoms with E-state index in [-0.39, 0.29) is 12.2 Å². The lowest BCUT2D eigenvalue weighted by molar-refractivity contribution is -0.0488. The molecule has 0 amide bonds. The Bertz CT molecular complexity index is 975. The Balaban J connectivity index is 1.38. The van der Waals surface area contributed by atoms with E-state index < -0.39 is 0 Å². The monoisotopic (exact) mass is 380 g/mol. The van der Waals surface area contributed by atoms with Gasteiger partial charge in [-0.3, -0.25) is 0 Å². The largest absolute Gasteiger partial charge is 0.369 e. The number of anilines is 3. The first-order valence-electron chi connectivity index (χ1n) is 9.69. The van der Waals surface area contributed by atoms with Gasteiger partial charge in [0.05, 0.1) is 30.2 Å². The lowest BCUT2D eigenvalue weighted by atomic mass is 10.1. The maximum atomic E-state index is 5.97. The van der Waals surface area contributed by atoms with Crippen molar-refractivity contribution in [3.8, 4) is 0 Å². The molecule has 0 aromatic carbocycles. The number of pyridine rings is 1. The Morgan fingerprint density at radius 1 is 1.14 bits per heavy atom. The summed E-state index contributed by atoms with van der Waals surface area (Å²) in [5.74, 6) is 2.18. The van der Waals surface area contributed by atoms with Gasteiger partial charge in [0.15, 0.2) is 0 Å². The molecule has 9 heteroatoms. The smallest absolute Gasteiger partial charge is 0.227 e. The van der Waals surface area contributed by atoms with Crippen molar-refractivity contribution in [2.75, 3.05) is 36.4 Å². The van der Waals surface area contributed by atoms with Gasteiger partial charge in [-0.25, -0.2) is 15.0 Å². The predicted octanol–water partition coefficient (Wildman–Crippen LogP) is 1.72. The van der Waals surface area contributed by atoms with Gasteiger partial charge < -0.3 is 24.8 Å². The summed E-state index contributed by atoms with van der Waals surface area (Å²) in [5.41, 5.74) is 1.94. The van der Waals surface area contributed by atoms with E-state index in [0.29, 0.717) is 6.04 Å². The highest BCUT2D eigenvalue weighted by atomic mass is 16.5. The number of aromatic nitrogens is 5. The Labute approximate surface area is 163 Å². The zero-order valence-corrected chi connectivity index (χ0v) is 16.0. The molecule has 2 N–H and O–H groups in total. The van der Waals surface area contributed by atoms with E-state index in [4.69, 9.17) is 9.72 Å². The second-order valence-electron chi connectivity index (χ2n) is 7.61. The van der Waals surface area contributed by atoms with Gasteiger partial charge >= 0.3 is 0 Å². The Morgan fingerprint density at radius 3 is 2.75 bits per heavy atom. The summed E-state index contributed by atoms with van der Waals surface area (Å²) in [6.07, 6.45) is 5.80. The van der Waals surface area contributed by atoms with Crippen molar-refractivity contribution in [3.63, 3.8) is 0 Å². The summed E-state index contributed by atoms with van der Waals surface area (Å²) in [6, 6.07) is 4.20. The zero-order valence-electron chi connectivity index (χ0n) is 16.0. The van der Waals surface area contributed by atoms with Crippen molar-refractivity contribution >= 4 is 28.6 Å². The first kappa shape index (κ1) is 17.3. The summed E-state index contributed by atoms with van der Waals surface area (Å²) in [6.45, 7) is 7.61. The summed E-state index contributed by atoms with van der Waals surface area (Å²) in [7, 11) is 0. The maximum absolute atomic E-state index is 5.97. The average molecular weight is 380 g/mol. The molecule has 146 valence electrons. The van der Waals surface area contributed by atoms with E-state index in [0.717, 1.165) is 54.8 Å². The van der Waals surface area contributed by atoms with E-state index in [2.05, 4.69) is 48.9 Å². The second kappa shape index (κ2) is 6.99. The van der Waals surface area contributed by atoms with Gasteiger partial charge in [-0.15, -0.1) is 0 Å². The summed E-state index contributed by atoms with van der Waals surface area (Å²) < 4.78 is 8.10. The van der Waals surface area contributed by atoms with E-state index in [1.54, 1.807) is 12.4 Å². The molecule has 2 aliphatic rings. The molecule has 0 aliphatic carbocycles. The highest BCUT2D eigenvalue weighted by Gasteiger charge is 2.32. The molecule has 5 heterocycles. The molecular formula is C19H24N8O. The molecule has 2 unspecified atom stereocenters. The van der Waals surface area contributed by atoms with E-state index in [1.807, 2.05) is 18.5 Å². The maximum Gasteiger partial charge on any atom is 0.227 e. The number of nitrogens with zero attached hydrogens (tertiary/aromatic N) is 6. The molecule has 2 bridgehead atoms. The van der Waals surface area contributed by atoms with Crippen molar-refractivity contribution in [2.24, 2.45) is 0 Å². The molecular weight excluding hydrogens is 356 g/mol. The Morgan fingerprint density at radius 2 is 1.96 bits per heavy atom. The van der Waals surface area contributed by atoms with Gasteiger partial charge in [0.2, 0.25) is 5.95 Å². The van der Waals surface area contributed by atoms with Crippen molar-refractivity contribution in [1.82, 2.24) is 29.8 Å². The standard InChI is InChI=1S/C19H24N8O/c1-12(2)27-11-23-15-8-22-18(5-16(15)27)24-17-3-4-21-19(25-17)26-9-13-6-20-7-14(10-26)28-13/h3-5,8,11-14,20H,6-7,9-10H2,1-2H3,(H,21,22,24,25). The van der Waals surface area contributed by atoms with E-state index >= 15 is 0 Å². The summed E-state index contributed by atoms with van der Waals surface area (Å²) in [4.78, 5) is 20.3. The normalized spacial score (nSPS) is 22.0. The zero-order chi connectivity index (χ0) is 19.1. The number of rotatable bonds is 4. The molecule has 0 radical (unpaired) electrons. The summed E-state index contributed by atoms with van der Waals surface area (Å²) >= 11 is 0. The SMILES string of the molecule is CC(C)n1cnc2cnc(Nc3ccnc(N4CC5CNCC(C4)O5)n3)cc21. The van der Waals surface area contributed by atoms with Crippen LogP contribution in [0.3, 0.4) is 0 Å². The molecule has 2 fully saturated rings. The van der Waals surface area contributed by atoms with Crippen LogP contribution in [0.25, 0.3) is 11.0 Å². The third-order valence-corrected chi connectivity index (χ3v) is 5.18. The van der Waals surface area contributed by atoms with Gasteiger partial charge in [-0.1, -0.05) is 0 Å². The number of ether oxygens (including phenoxy) is 1. The fourth-order valence-electron chi connectivity index (χ4n) is 3.83. The summed E-state index contributed by atoms with van der Waals surface area (Å²) in [5, 5.41) is 6.72. The van der Waals surface area contributed by atoms with Gasteiger partial charge in [-0.2, -0.15) is 4.98 Å². The van der Waals surface area contributed by atoms with Crippen LogP contribution < -0.4 is 15.5 Å². The number of hydrogen-bond donors (Lipinski definition) is 2. The van der Waals surface area contributed by atoms with Crippen LogP contribution in [-0.4, -0.2) is 62.9 Å². The predicted molar refractivity (Wildman–Crippen MR) is 107 cm³/mol. The van der Waals surface area contributed by atoms with Crippen LogP contribution in [-0.2, 0) is 4.74 Å². The second-order valence-corrected chi connectivity index (χ2v) is 7.61. The fourth-order valence-corrected chi connectivity index (χ4v) is 3.83. The highest BCUT2D eigenvalue weighted by Crippen LogP contribution is 2.23. The Kier molecular flexibility index (Phi) is 4.33. The van der Waals surface area contributed by atoms with Crippen molar-refractivity contribution < 1.29 is 4.74 Å². The van der Waals surface area contributed by atoms with E-state index in [9.17, 15) is 0 Å². The van der Waals surface area contributed by atoms with Crippen LogP contribution in [0.2, 0.25) is 0 Å². The van der Waals surface area contributed by atoms with Crippen molar-refractivity contribution in [3.05, 3.63) is 30.9 Å². The van der Waals surface area contributed by atoms with Crippen LogP contribution in [0.1, 0.15) is 19.9 Å². The van der Waals surface area contributed by atoms with Crippen molar-refractivity contribution in [1.29, 1.82) is 0 Å². The topological polar surface area (TPSA) is 93.0 Å². The lowest BCUT2D eigenvalue weighted by Gasteiger charge is -2.41. The molecule has 2 atom stereocenters. The van der Waals surface area contributed by atoms with Crippen LogP contribution in [0.4, 0.5) is 17.6 Å². The molecule has 3 aromatic heterocycles. The molecule has 9 nitrogen and oxygen atoms in total. The van der Waals surface area contributed by atoms with Gasteiger partial charge in [0.1, 0.15) is 17.2 Å². The van der Waals surface area contributed by atoms with Gasteiger partial charge in [0.25, 0.3) is 0 Å². The van der Waals surface area contributed by atoms with Gasteiger partial charge in [-0.05, 0) is 19.9 Å². The number of hydrogen-bond acceptors (Lipinski definition) is 8. The van der Waals surface area contributed by atoms with Crippen LogP contribution >= 0.6 is 0 Å². The molecule has 0 spiro atoms. The quantitative estimate of drug-likeness (QED) is 0.707. The minimum Gasteiger partial charge on any atom is -0.369 e. The molecule has 5 rings (SSSR count). The molecule has 28 heavy (non-hydrogen) atoms. The van der Waals surface area contributed by atoms with Gasteiger partial charge in [0, 0.05) is 44.5 Å². The molecule has 3 aromatic rings. The van der Waals surface area contributed by atoms with Crippen molar-refractivity contribution in [2.45, 2.75) is 32.1 Å². The number of fused-ring (bicyclic) bond motifs is 3.